The first-order valence-electron chi connectivity index (χ1n) is 19.0. The number of hydrogen-bond donors (Lipinski definition) is 4. The zero-order valence-electron chi connectivity index (χ0n) is 33.1. The first-order valence-corrected chi connectivity index (χ1v) is 19.0. The van der Waals surface area contributed by atoms with Crippen LogP contribution in [0.1, 0.15) is 80.2 Å². The molecule has 4 rings (SSSR count). The molecule has 2 aliphatic rings. The summed E-state index contributed by atoms with van der Waals surface area (Å²) in [7, 11) is 3.77. The Hall–Kier alpha value is -2.81. The van der Waals surface area contributed by atoms with Crippen LogP contribution in [0.15, 0.2) is 42.6 Å². The number of ketones is 1. The quantitative estimate of drug-likeness (QED) is 0.226. The van der Waals surface area contributed by atoms with Gasteiger partial charge in [-0.1, -0.05) is 58.0 Å². The SMILES string of the molecule is CC[C@H]1OC(=O)[C@H](C)C(=O)[C@H](C)[C@@H](O[C@@H]2O[C@H](C)C[C@H](N(C)C)[C@H]2O)[C@@](C)(OC/C=C\c2cnc3ccccc3c2)C[C@@H](C)C(N)[C@H](C)[C@@H](O)[C@]1(C)O. The Balaban J connectivity index is 1.77. The van der Waals surface area contributed by atoms with Gasteiger partial charge in [0.1, 0.15) is 23.7 Å². The zero-order chi connectivity index (χ0) is 39.4. The molecule has 12 nitrogen and oxygen atoms in total. The number of rotatable bonds is 8. The summed E-state index contributed by atoms with van der Waals surface area (Å²) in [6, 6.07) is 8.95. The summed E-state index contributed by atoms with van der Waals surface area (Å²) in [5, 5.41) is 35.6. The second-order valence-corrected chi connectivity index (χ2v) is 16.2. The van der Waals surface area contributed by atoms with E-state index in [-0.39, 0.29) is 37.5 Å². The standard InChI is InChI=1S/C41H63N3O9/c1-11-32-41(8,49)36(47)25(4)33(42)23(2)21-40(7,50-18-14-15-28-20-29-16-12-13-17-30(29)43-22-28)37(26(5)34(45)27(6)38(48)52-32)53-39-35(46)31(44(9)10)19-24(3)51-39/h12-17,20,22-27,31-33,35-37,39,46-47,49H,11,18-19,21,42H2,1-10H3/b15-14-/t23-,24-,25+,26+,27-,31+,32-,33?,35-,36-,37-,39+,40+,41-/m1/s1. The molecule has 53 heavy (non-hydrogen) atoms. The third-order valence-electron chi connectivity index (χ3n) is 11.6. The Kier molecular flexibility index (Phi) is 14.4. The van der Waals surface area contributed by atoms with Crippen LogP contribution in [0.5, 0.6) is 0 Å². The highest BCUT2D eigenvalue weighted by Crippen LogP contribution is 2.39. The largest absolute Gasteiger partial charge is 0.459 e. The molecule has 0 spiro atoms. The summed E-state index contributed by atoms with van der Waals surface area (Å²) in [5.74, 6) is -4.46. The van der Waals surface area contributed by atoms with E-state index in [2.05, 4.69) is 4.98 Å². The Labute approximate surface area is 315 Å². The first-order chi connectivity index (χ1) is 24.8. The van der Waals surface area contributed by atoms with Crippen molar-refractivity contribution in [3.05, 3.63) is 48.2 Å². The fourth-order valence-electron chi connectivity index (χ4n) is 8.19. The molecule has 2 fully saturated rings. The second kappa shape index (κ2) is 17.8. The number of Topliss-reactive ketones (excluding diaryl/α,β-unsaturated/α-hetero) is 1. The van der Waals surface area contributed by atoms with Gasteiger partial charge in [-0.3, -0.25) is 14.6 Å². The summed E-state index contributed by atoms with van der Waals surface area (Å²) in [5.41, 5.74) is 5.54. The summed E-state index contributed by atoms with van der Waals surface area (Å²) in [6.45, 7) is 13.9. The van der Waals surface area contributed by atoms with Crippen LogP contribution in [0.25, 0.3) is 17.0 Å². The van der Waals surface area contributed by atoms with E-state index in [4.69, 9.17) is 24.7 Å². The Morgan fingerprint density at radius 1 is 1.09 bits per heavy atom. The van der Waals surface area contributed by atoms with Gasteiger partial charge in [0.2, 0.25) is 0 Å². The Morgan fingerprint density at radius 2 is 1.77 bits per heavy atom. The van der Waals surface area contributed by atoms with E-state index in [1.54, 1.807) is 27.0 Å². The number of likely N-dealkylation sites (N-methyl/N-ethyl adjacent to an activating group) is 1. The number of hydrogen-bond acceptors (Lipinski definition) is 12. The lowest BCUT2D eigenvalue weighted by Crippen LogP contribution is -2.61. The van der Waals surface area contributed by atoms with Gasteiger partial charge in [-0.25, -0.2) is 0 Å². The number of aromatic nitrogens is 1. The van der Waals surface area contributed by atoms with Crippen molar-refractivity contribution in [2.45, 2.75) is 135 Å². The minimum Gasteiger partial charge on any atom is -0.459 e. The molecule has 0 aliphatic carbocycles. The number of esters is 1. The molecule has 2 saturated heterocycles. The molecule has 1 aromatic carbocycles. The molecule has 1 unspecified atom stereocenters. The van der Waals surface area contributed by atoms with E-state index in [9.17, 15) is 24.9 Å². The van der Waals surface area contributed by atoms with Crippen LogP contribution < -0.4 is 5.73 Å². The molecule has 5 N–H and O–H groups in total. The van der Waals surface area contributed by atoms with Crippen LogP contribution in [-0.4, -0.2) is 118 Å². The number of carbonyl (C=O) groups excluding carboxylic acids is 2. The van der Waals surface area contributed by atoms with Crippen LogP contribution in [0.3, 0.4) is 0 Å². The van der Waals surface area contributed by atoms with E-state index in [0.717, 1.165) is 16.5 Å². The normalized spacial score (nSPS) is 39.7. The van der Waals surface area contributed by atoms with E-state index < -0.39 is 77.5 Å². The van der Waals surface area contributed by atoms with Gasteiger partial charge in [0.25, 0.3) is 0 Å². The molecular formula is C41H63N3O9. The molecule has 1 aromatic heterocycles. The maximum Gasteiger partial charge on any atom is 0.316 e. The van der Waals surface area contributed by atoms with Gasteiger partial charge in [-0.2, -0.15) is 0 Å². The van der Waals surface area contributed by atoms with E-state index >= 15 is 0 Å². The summed E-state index contributed by atoms with van der Waals surface area (Å²) < 4.78 is 25.5. The number of benzene rings is 1. The highest BCUT2D eigenvalue weighted by atomic mass is 16.7. The van der Waals surface area contributed by atoms with E-state index in [1.165, 1.54) is 13.8 Å². The van der Waals surface area contributed by atoms with Gasteiger partial charge in [0.05, 0.1) is 36.0 Å². The lowest BCUT2D eigenvalue weighted by atomic mass is 9.73. The van der Waals surface area contributed by atoms with Crippen LogP contribution in [0.4, 0.5) is 0 Å². The Morgan fingerprint density at radius 3 is 2.43 bits per heavy atom. The van der Waals surface area contributed by atoms with Crippen molar-refractivity contribution < 1.29 is 43.9 Å². The van der Waals surface area contributed by atoms with Gasteiger partial charge in [0.15, 0.2) is 12.1 Å². The molecule has 12 heteroatoms. The highest BCUT2D eigenvalue weighted by molar-refractivity contribution is 6.00. The predicted octanol–water partition coefficient (Wildman–Crippen LogP) is 4.11. The first kappa shape index (κ1) is 42.9. The fraction of sp³-hybridized carbons (Fsp3) is 0.683. The molecule has 2 aliphatic heterocycles. The van der Waals surface area contributed by atoms with Gasteiger partial charge < -0.3 is 44.9 Å². The van der Waals surface area contributed by atoms with Crippen molar-refractivity contribution in [2.75, 3.05) is 20.7 Å². The molecule has 3 heterocycles. The van der Waals surface area contributed by atoms with Crippen molar-refractivity contribution in [2.24, 2.45) is 29.4 Å². The van der Waals surface area contributed by atoms with Crippen LogP contribution in [0, 0.1) is 23.7 Å². The predicted molar refractivity (Wildman–Crippen MR) is 203 cm³/mol. The van der Waals surface area contributed by atoms with Crippen molar-refractivity contribution in [1.82, 2.24) is 9.88 Å². The monoisotopic (exact) mass is 741 g/mol. The maximum absolute atomic E-state index is 14.3. The third-order valence-corrected chi connectivity index (χ3v) is 11.6. The third kappa shape index (κ3) is 9.71. The molecule has 0 saturated carbocycles. The zero-order valence-corrected chi connectivity index (χ0v) is 33.1. The van der Waals surface area contributed by atoms with Crippen molar-refractivity contribution in [3.8, 4) is 0 Å². The molecule has 296 valence electrons. The number of pyridine rings is 1. The highest BCUT2D eigenvalue weighted by Gasteiger charge is 2.52. The summed E-state index contributed by atoms with van der Waals surface area (Å²) in [4.78, 5) is 34.4. The second-order valence-electron chi connectivity index (χ2n) is 16.2. The maximum atomic E-state index is 14.3. The number of carbonyl (C=O) groups is 2. The number of ether oxygens (including phenoxy) is 4. The average Bonchev–Trinajstić information content (AvgIpc) is 3.12. The smallest absolute Gasteiger partial charge is 0.316 e. The van der Waals surface area contributed by atoms with Gasteiger partial charge in [0, 0.05) is 35.5 Å². The van der Waals surface area contributed by atoms with Gasteiger partial charge in [-0.15, -0.1) is 0 Å². The van der Waals surface area contributed by atoms with Crippen molar-refractivity contribution in [1.29, 1.82) is 0 Å². The van der Waals surface area contributed by atoms with Crippen molar-refractivity contribution in [3.63, 3.8) is 0 Å². The molecule has 0 bridgehead atoms. The number of cyclic esters (lactones) is 1. The molecule has 14 atom stereocenters. The number of nitrogens with two attached hydrogens (primary N) is 1. The molecular weight excluding hydrogens is 678 g/mol. The number of aliphatic hydroxyl groups excluding tert-OH is 2. The number of aliphatic hydroxyl groups is 3. The van der Waals surface area contributed by atoms with Gasteiger partial charge >= 0.3 is 5.97 Å². The minimum atomic E-state index is -1.85. The topological polar surface area (TPSA) is 174 Å². The number of para-hydroxylation sites is 1. The molecule has 2 aromatic rings. The van der Waals surface area contributed by atoms with Crippen LogP contribution in [0.2, 0.25) is 0 Å². The average molecular weight is 742 g/mol. The van der Waals surface area contributed by atoms with Crippen LogP contribution in [-0.2, 0) is 28.5 Å². The molecule has 0 radical (unpaired) electrons. The molecule has 0 amide bonds. The Bertz CT molecular complexity index is 1570. The van der Waals surface area contributed by atoms with E-state index in [1.807, 2.05) is 82.3 Å². The van der Waals surface area contributed by atoms with Crippen molar-refractivity contribution >= 4 is 28.7 Å². The summed E-state index contributed by atoms with van der Waals surface area (Å²) >= 11 is 0. The summed E-state index contributed by atoms with van der Waals surface area (Å²) in [6.07, 6.45) is 0.681. The number of nitrogens with zero attached hydrogens (tertiary/aromatic N) is 2. The van der Waals surface area contributed by atoms with E-state index in [0.29, 0.717) is 6.42 Å². The van der Waals surface area contributed by atoms with Crippen LogP contribution >= 0.6 is 0 Å². The fourth-order valence-corrected chi connectivity index (χ4v) is 8.19. The minimum absolute atomic E-state index is 0.111. The lowest BCUT2D eigenvalue weighted by Gasteiger charge is -2.48. The number of fused-ring (bicyclic) bond motifs is 1. The van der Waals surface area contributed by atoms with Gasteiger partial charge in [-0.05, 0) is 84.7 Å². The lowest BCUT2D eigenvalue weighted by molar-refractivity contribution is -0.297.